The molecule has 0 atom stereocenters. The van der Waals surface area contributed by atoms with Gasteiger partial charge in [-0.25, -0.2) is 0 Å². The zero-order chi connectivity index (χ0) is 14.2. The first kappa shape index (κ1) is 12.4. The summed E-state index contributed by atoms with van der Waals surface area (Å²) < 4.78 is 0. The third kappa shape index (κ3) is 1.90. The molecular formula is C20H16O. The predicted octanol–water partition coefficient (Wildman–Crippen LogP) is 4.32. The summed E-state index contributed by atoms with van der Waals surface area (Å²) >= 11 is 0. The number of benzene rings is 3. The van der Waals surface area contributed by atoms with Gasteiger partial charge in [-0.3, -0.25) is 0 Å². The first-order valence-corrected chi connectivity index (χ1v) is 7.29. The van der Waals surface area contributed by atoms with Crippen LogP contribution >= 0.6 is 0 Å². The summed E-state index contributed by atoms with van der Waals surface area (Å²) in [7, 11) is 0. The van der Waals surface area contributed by atoms with E-state index in [4.69, 9.17) is 0 Å². The number of fused-ring (bicyclic) bond motifs is 2. The predicted molar refractivity (Wildman–Crippen MR) is 87.1 cm³/mol. The van der Waals surface area contributed by atoms with Crippen molar-refractivity contribution in [2.45, 2.75) is 13.0 Å². The molecule has 102 valence electrons. The summed E-state index contributed by atoms with van der Waals surface area (Å²) in [5.41, 5.74) is 6.09. The lowest BCUT2D eigenvalue weighted by Crippen LogP contribution is -1.96. The van der Waals surface area contributed by atoms with Gasteiger partial charge in [-0.05, 0) is 45.0 Å². The highest BCUT2D eigenvalue weighted by Gasteiger charge is 2.19. The number of hydrogen-bond donors (Lipinski definition) is 1. The third-order valence-corrected chi connectivity index (χ3v) is 4.29. The number of aliphatic hydroxyl groups is 1. The highest BCUT2D eigenvalue weighted by Crippen LogP contribution is 2.38. The quantitative estimate of drug-likeness (QED) is 0.736. The van der Waals surface area contributed by atoms with Crippen molar-refractivity contribution in [2.24, 2.45) is 0 Å². The van der Waals surface area contributed by atoms with Gasteiger partial charge in [-0.1, -0.05) is 66.7 Å². The van der Waals surface area contributed by atoms with Crippen molar-refractivity contribution >= 4 is 16.3 Å². The minimum absolute atomic E-state index is 0.0691. The Kier molecular flexibility index (Phi) is 2.87. The van der Waals surface area contributed by atoms with Gasteiger partial charge >= 0.3 is 0 Å². The van der Waals surface area contributed by atoms with E-state index in [0.717, 1.165) is 12.0 Å². The smallest absolute Gasteiger partial charge is 0.0688 e. The molecule has 0 saturated heterocycles. The molecular weight excluding hydrogens is 256 g/mol. The van der Waals surface area contributed by atoms with Crippen LogP contribution in [0, 0.1) is 0 Å². The minimum atomic E-state index is 0.0691. The monoisotopic (exact) mass is 272 g/mol. The molecule has 1 heteroatoms. The zero-order valence-electron chi connectivity index (χ0n) is 11.7. The molecule has 1 N–H and O–H groups in total. The Morgan fingerprint density at radius 2 is 1.67 bits per heavy atom. The van der Waals surface area contributed by atoms with E-state index in [1.807, 2.05) is 6.07 Å². The summed E-state index contributed by atoms with van der Waals surface area (Å²) in [6, 6.07) is 21.1. The molecule has 1 nitrogen and oxygen atoms in total. The molecule has 0 saturated carbocycles. The molecule has 0 aliphatic heterocycles. The van der Waals surface area contributed by atoms with Crippen molar-refractivity contribution < 1.29 is 5.11 Å². The van der Waals surface area contributed by atoms with Crippen LogP contribution in [0.15, 0.2) is 66.7 Å². The van der Waals surface area contributed by atoms with Crippen LogP contribution in [-0.4, -0.2) is 5.11 Å². The number of aliphatic hydroxyl groups excluding tert-OH is 1. The largest absolute Gasteiger partial charge is 0.392 e. The maximum absolute atomic E-state index is 9.76. The molecule has 4 rings (SSSR count). The van der Waals surface area contributed by atoms with E-state index in [1.165, 1.54) is 33.0 Å². The van der Waals surface area contributed by atoms with Gasteiger partial charge in [0.25, 0.3) is 0 Å². The van der Waals surface area contributed by atoms with Crippen LogP contribution in [0.4, 0.5) is 0 Å². The Balaban J connectivity index is 2.03. The van der Waals surface area contributed by atoms with Gasteiger partial charge in [0.1, 0.15) is 0 Å². The van der Waals surface area contributed by atoms with Crippen LogP contribution in [-0.2, 0) is 13.0 Å². The van der Waals surface area contributed by atoms with Gasteiger partial charge in [0.15, 0.2) is 0 Å². The average molecular weight is 272 g/mol. The maximum Gasteiger partial charge on any atom is 0.0688 e. The van der Waals surface area contributed by atoms with Gasteiger partial charge in [0, 0.05) is 0 Å². The van der Waals surface area contributed by atoms with E-state index in [-0.39, 0.29) is 6.61 Å². The van der Waals surface area contributed by atoms with Gasteiger partial charge in [-0.15, -0.1) is 0 Å². The summed E-state index contributed by atoms with van der Waals surface area (Å²) in [5, 5.41) is 12.2. The molecule has 1 aliphatic carbocycles. The van der Waals surface area contributed by atoms with Gasteiger partial charge < -0.3 is 5.11 Å². The third-order valence-electron chi connectivity index (χ3n) is 4.29. The molecule has 0 fully saturated rings. The fourth-order valence-corrected chi connectivity index (χ4v) is 3.29. The van der Waals surface area contributed by atoms with Crippen LogP contribution in [0.5, 0.6) is 0 Å². The topological polar surface area (TPSA) is 20.2 Å². The fourth-order valence-electron chi connectivity index (χ4n) is 3.29. The molecule has 0 radical (unpaired) electrons. The van der Waals surface area contributed by atoms with Crippen molar-refractivity contribution in [3.8, 4) is 0 Å². The molecule has 0 amide bonds. The SMILES string of the molecule is OCc1ccc2ccccc2c1C1=CCc2ccccc21. The first-order chi connectivity index (χ1) is 10.4. The Labute approximate surface area is 124 Å². The Morgan fingerprint density at radius 3 is 2.57 bits per heavy atom. The van der Waals surface area contributed by atoms with E-state index in [9.17, 15) is 5.11 Å². The van der Waals surface area contributed by atoms with E-state index >= 15 is 0 Å². The van der Waals surface area contributed by atoms with Crippen LogP contribution in [0.2, 0.25) is 0 Å². The summed E-state index contributed by atoms with van der Waals surface area (Å²) in [5.74, 6) is 0. The molecule has 1 aliphatic rings. The van der Waals surface area contributed by atoms with Crippen LogP contribution in [0.25, 0.3) is 16.3 Å². The Bertz CT molecular complexity index is 859. The van der Waals surface area contributed by atoms with Crippen LogP contribution < -0.4 is 0 Å². The second kappa shape index (κ2) is 4.87. The zero-order valence-corrected chi connectivity index (χ0v) is 11.7. The van der Waals surface area contributed by atoms with Gasteiger partial charge in [0.05, 0.1) is 6.61 Å². The van der Waals surface area contributed by atoms with Crippen LogP contribution in [0.3, 0.4) is 0 Å². The second-order valence-electron chi connectivity index (χ2n) is 5.46. The molecule has 3 aromatic rings. The number of allylic oxidation sites excluding steroid dienone is 1. The summed E-state index contributed by atoms with van der Waals surface area (Å²) in [6.45, 7) is 0.0691. The highest BCUT2D eigenvalue weighted by molar-refractivity contribution is 6.00. The molecule has 0 spiro atoms. The van der Waals surface area contributed by atoms with Crippen molar-refractivity contribution in [2.75, 3.05) is 0 Å². The first-order valence-electron chi connectivity index (χ1n) is 7.29. The van der Waals surface area contributed by atoms with Crippen molar-refractivity contribution in [3.05, 3.63) is 89.0 Å². The lowest BCUT2D eigenvalue weighted by Gasteiger charge is -2.14. The summed E-state index contributed by atoms with van der Waals surface area (Å²) in [4.78, 5) is 0. The Morgan fingerprint density at radius 1 is 0.857 bits per heavy atom. The Hall–Kier alpha value is -2.38. The molecule has 21 heavy (non-hydrogen) atoms. The normalized spacial score (nSPS) is 13.3. The van der Waals surface area contributed by atoms with E-state index in [1.54, 1.807) is 0 Å². The van der Waals surface area contributed by atoms with Crippen molar-refractivity contribution in [1.82, 2.24) is 0 Å². The number of rotatable bonds is 2. The van der Waals surface area contributed by atoms with Gasteiger partial charge in [-0.2, -0.15) is 0 Å². The van der Waals surface area contributed by atoms with Crippen molar-refractivity contribution in [3.63, 3.8) is 0 Å². The number of hydrogen-bond acceptors (Lipinski definition) is 1. The molecule has 0 bridgehead atoms. The molecule has 0 aromatic heterocycles. The molecule has 3 aromatic carbocycles. The summed E-state index contributed by atoms with van der Waals surface area (Å²) in [6.07, 6.45) is 3.26. The van der Waals surface area contributed by atoms with Gasteiger partial charge in [0.2, 0.25) is 0 Å². The lowest BCUT2D eigenvalue weighted by molar-refractivity contribution is 0.281. The van der Waals surface area contributed by atoms with E-state index in [2.05, 4.69) is 60.7 Å². The minimum Gasteiger partial charge on any atom is -0.392 e. The second-order valence-corrected chi connectivity index (χ2v) is 5.46. The van der Waals surface area contributed by atoms with E-state index < -0.39 is 0 Å². The van der Waals surface area contributed by atoms with Crippen molar-refractivity contribution in [1.29, 1.82) is 0 Å². The fraction of sp³-hybridized carbons (Fsp3) is 0.100. The van der Waals surface area contributed by atoms with E-state index in [0.29, 0.717) is 0 Å². The molecule has 0 heterocycles. The van der Waals surface area contributed by atoms with Crippen LogP contribution in [0.1, 0.15) is 22.3 Å². The maximum atomic E-state index is 9.76. The lowest BCUT2D eigenvalue weighted by atomic mass is 9.90. The molecule has 0 unspecified atom stereocenters. The standard InChI is InChI=1S/C20H16O/c21-13-16-10-9-15-6-2-4-8-18(15)20(16)19-12-11-14-5-1-3-7-17(14)19/h1-10,12,21H,11,13H2. The average Bonchev–Trinajstić information content (AvgIpc) is 2.97. The highest BCUT2D eigenvalue weighted by atomic mass is 16.3.